The van der Waals surface area contributed by atoms with E-state index < -0.39 is 34.8 Å². The first-order chi connectivity index (χ1) is 19.8. The SMILES string of the molecule is C=C1CN2CCCC2(COc2nc3c(c(N4CCCC(C)(O)C4)n2)COC(c2c(F)c(N)cc(C)c2C(F)(F)F)C3)C1. The first-order valence-corrected chi connectivity index (χ1v) is 14.5. The number of nitrogens with zero attached hydrogens (tertiary/aromatic N) is 4. The van der Waals surface area contributed by atoms with Crippen LogP contribution in [0.25, 0.3) is 0 Å². The molecule has 228 valence electrons. The van der Waals surface area contributed by atoms with Crippen molar-refractivity contribution in [3.63, 3.8) is 0 Å². The summed E-state index contributed by atoms with van der Waals surface area (Å²) in [5, 5.41) is 10.8. The first-order valence-electron chi connectivity index (χ1n) is 14.5. The van der Waals surface area contributed by atoms with Gasteiger partial charge in [-0.1, -0.05) is 12.2 Å². The van der Waals surface area contributed by atoms with Crippen molar-refractivity contribution in [2.75, 3.05) is 43.4 Å². The van der Waals surface area contributed by atoms with Gasteiger partial charge < -0.3 is 25.2 Å². The van der Waals surface area contributed by atoms with Crippen LogP contribution in [-0.4, -0.2) is 63.9 Å². The van der Waals surface area contributed by atoms with Crippen LogP contribution in [0.4, 0.5) is 29.1 Å². The summed E-state index contributed by atoms with van der Waals surface area (Å²) in [7, 11) is 0. The molecule has 4 aliphatic heterocycles. The minimum Gasteiger partial charge on any atom is -0.461 e. The molecule has 42 heavy (non-hydrogen) atoms. The van der Waals surface area contributed by atoms with Crippen LogP contribution < -0.4 is 15.4 Å². The monoisotopic (exact) mass is 591 g/mol. The summed E-state index contributed by atoms with van der Waals surface area (Å²) in [6.07, 6.45) is -1.99. The fourth-order valence-corrected chi connectivity index (χ4v) is 7.31. The molecule has 5 heterocycles. The maximum absolute atomic E-state index is 15.3. The number of nitrogens with two attached hydrogens (primary N) is 1. The van der Waals surface area contributed by atoms with Gasteiger partial charge in [0.05, 0.1) is 40.8 Å². The second-order valence-corrected chi connectivity index (χ2v) is 12.6. The minimum atomic E-state index is -4.81. The summed E-state index contributed by atoms with van der Waals surface area (Å²) in [6.45, 7) is 10.2. The quantitative estimate of drug-likeness (QED) is 0.289. The number of alkyl halides is 3. The van der Waals surface area contributed by atoms with Crippen LogP contribution in [0.2, 0.25) is 0 Å². The molecule has 0 saturated carbocycles. The Kier molecular flexibility index (Phi) is 7.17. The van der Waals surface area contributed by atoms with Gasteiger partial charge in [0.15, 0.2) is 5.82 Å². The molecule has 3 fully saturated rings. The highest BCUT2D eigenvalue weighted by Gasteiger charge is 2.47. The Morgan fingerprint density at radius 1 is 1.24 bits per heavy atom. The van der Waals surface area contributed by atoms with Gasteiger partial charge in [-0.25, -0.2) is 4.39 Å². The molecule has 4 aliphatic rings. The van der Waals surface area contributed by atoms with Gasteiger partial charge in [0, 0.05) is 37.2 Å². The molecule has 8 nitrogen and oxygen atoms in total. The number of rotatable bonds is 5. The molecule has 1 aromatic carbocycles. The Morgan fingerprint density at radius 2 is 2.00 bits per heavy atom. The molecule has 2 aromatic rings. The Morgan fingerprint density at radius 3 is 2.74 bits per heavy atom. The average Bonchev–Trinajstić information content (AvgIpc) is 3.43. The third-order valence-electron chi connectivity index (χ3n) is 9.17. The largest absolute Gasteiger partial charge is 0.461 e. The van der Waals surface area contributed by atoms with E-state index in [1.807, 2.05) is 4.90 Å². The van der Waals surface area contributed by atoms with Gasteiger partial charge in [-0.3, -0.25) is 4.90 Å². The number of piperidine rings is 1. The maximum Gasteiger partial charge on any atom is 0.417 e. The lowest BCUT2D eigenvalue weighted by Crippen LogP contribution is -2.47. The van der Waals surface area contributed by atoms with E-state index in [1.165, 1.54) is 6.92 Å². The normalized spacial score (nSPS) is 28.2. The molecule has 3 N–H and O–H groups in total. The number of aliphatic hydroxyl groups is 1. The molecule has 0 radical (unpaired) electrons. The molecule has 0 spiro atoms. The van der Waals surface area contributed by atoms with Crippen LogP contribution in [-0.2, 0) is 23.9 Å². The molecule has 3 saturated heterocycles. The van der Waals surface area contributed by atoms with Gasteiger partial charge in [-0.2, -0.15) is 23.1 Å². The van der Waals surface area contributed by atoms with E-state index in [1.54, 1.807) is 6.92 Å². The Bertz CT molecular complexity index is 1410. The topological polar surface area (TPSA) is 97.0 Å². The number of aryl methyl sites for hydroxylation is 1. The van der Waals surface area contributed by atoms with E-state index in [-0.39, 0.29) is 35.8 Å². The van der Waals surface area contributed by atoms with Crippen LogP contribution in [0.15, 0.2) is 18.2 Å². The number of hydrogen-bond donors (Lipinski definition) is 2. The summed E-state index contributed by atoms with van der Waals surface area (Å²) >= 11 is 0. The summed E-state index contributed by atoms with van der Waals surface area (Å²) in [6, 6.07) is 1.10. The van der Waals surface area contributed by atoms with E-state index in [4.69, 9.17) is 20.2 Å². The number of hydrogen-bond acceptors (Lipinski definition) is 8. The van der Waals surface area contributed by atoms with Crippen LogP contribution in [0.3, 0.4) is 0 Å². The zero-order valence-corrected chi connectivity index (χ0v) is 24.0. The van der Waals surface area contributed by atoms with Crippen LogP contribution in [0.1, 0.15) is 73.1 Å². The van der Waals surface area contributed by atoms with Crippen LogP contribution >= 0.6 is 0 Å². The fraction of sp³-hybridized carbons (Fsp3) is 0.600. The van der Waals surface area contributed by atoms with Crippen molar-refractivity contribution in [1.82, 2.24) is 14.9 Å². The fourth-order valence-electron chi connectivity index (χ4n) is 7.31. The van der Waals surface area contributed by atoms with Gasteiger partial charge in [-0.15, -0.1) is 0 Å². The summed E-state index contributed by atoms with van der Waals surface area (Å²) < 4.78 is 69.9. The van der Waals surface area contributed by atoms with E-state index in [9.17, 15) is 18.3 Å². The first kappa shape index (κ1) is 29.1. The van der Waals surface area contributed by atoms with E-state index in [0.29, 0.717) is 43.2 Å². The van der Waals surface area contributed by atoms with Crippen molar-refractivity contribution in [3.05, 3.63) is 52.0 Å². The predicted molar refractivity (Wildman–Crippen MR) is 149 cm³/mol. The summed E-state index contributed by atoms with van der Waals surface area (Å²) in [4.78, 5) is 13.7. The molecule has 3 atom stereocenters. The second-order valence-electron chi connectivity index (χ2n) is 12.6. The number of ether oxygens (including phenoxy) is 2. The van der Waals surface area contributed by atoms with Crippen molar-refractivity contribution in [2.45, 2.75) is 82.4 Å². The lowest BCUT2D eigenvalue weighted by molar-refractivity contribution is -0.140. The lowest BCUT2D eigenvalue weighted by atomic mass is 9.91. The van der Waals surface area contributed by atoms with Crippen molar-refractivity contribution < 1.29 is 32.1 Å². The number of anilines is 2. The molecule has 6 rings (SSSR count). The number of fused-ring (bicyclic) bond motifs is 2. The highest BCUT2D eigenvalue weighted by molar-refractivity contribution is 5.55. The van der Waals surface area contributed by atoms with Crippen molar-refractivity contribution in [2.24, 2.45) is 0 Å². The molecule has 0 amide bonds. The van der Waals surface area contributed by atoms with Gasteiger partial charge in [0.2, 0.25) is 0 Å². The lowest BCUT2D eigenvalue weighted by Gasteiger charge is -2.39. The number of aromatic nitrogens is 2. The number of benzene rings is 1. The third kappa shape index (κ3) is 5.22. The average molecular weight is 592 g/mol. The number of halogens is 4. The molecular formula is C30H37F4N5O3. The van der Waals surface area contributed by atoms with E-state index >= 15 is 4.39 Å². The zero-order chi connectivity index (χ0) is 30.0. The molecule has 3 unspecified atom stereocenters. The van der Waals surface area contributed by atoms with Crippen molar-refractivity contribution in [1.29, 1.82) is 0 Å². The molecular weight excluding hydrogens is 554 g/mol. The van der Waals surface area contributed by atoms with Gasteiger partial charge in [-0.05, 0) is 64.1 Å². The summed E-state index contributed by atoms with van der Waals surface area (Å²) in [5.74, 6) is -0.619. The van der Waals surface area contributed by atoms with Gasteiger partial charge in [0.25, 0.3) is 0 Å². The maximum atomic E-state index is 15.3. The molecule has 1 aromatic heterocycles. The van der Waals surface area contributed by atoms with E-state index in [2.05, 4.69) is 16.5 Å². The molecule has 12 heteroatoms. The Balaban J connectivity index is 1.38. The van der Waals surface area contributed by atoms with Gasteiger partial charge in [0.1, 0.15) is 12.4 Å². The summed E-state index contributed by atoms with van der Waals surface area (Å²) in [5.41, 5.74) is 4.60. The smallest absolute Gasteiger partial charge is 0.417 e. The third-order valence-corrected chi connectivity index (χ3v) is 9.17. The second kappa shape index (κ2) is 10.3. The highest BCUT2D eigenvalue weighted by Crippen LogP contribution is 2.45. The zero-order valence-electron chi connectivity index (χ0n) is 24.0. The van der Waals surface area contributed by atoms with Crippen molar-refractivity contribution >= 4 is 11.5 Å². The standard InChI is InChI=1S/C30H37F4N5O3/c1-17-12-29(7-5-9-39(29)13-17)16-42-27-36-21-11-22(23-24(30(32,33)34)18(2)10-20(35)25(23)31)41-14-19(21)26(37-27)38-8-4-6-28(3,40)15-38/h10,22,40H,1,4-9,11-16,35H2,2-3H3. The van der Waals surface area contributed by atoms with Gasteiger partial charge >= 0.3 is 12.2 Å². The Hall–Kier alpha value is -2.96. The predicted octanol–water partition coefficient (Wildman–Crippen LogP) is 4.86. The van der Waals surface area contributed by atoms with Crippen LogP contribution in [0, 0.1) is 12.7 Å². The highest BCUT2D eigenvalue weighted by atomic mass is 19.4. The van der Waals surface area contributed by atoms with Crippen molar-refractivity contribution in [3.8, 4) is 6.01 Å². The minimum absolute atomic E-state index is 0.105. The van der Waals surface area contributed by atoms with E-state index in [0.717, 1.165) is 50.4 Å². The molecule has 0 bridgehead atoms. The molecule has 0 aliphatic carbocycles. The van der Waals surface area contributed by atoms with Crippen LogP contribution in [0.5, 0.6) is 6.01 Å². The Labute approximate surface area is 242 Å². The number of β-amino-alcohol motifs (C(OH)–C–C–N with tert-alkyl or cyclic N) is 1. The number of nitrogen functional groups attached to an aromatic ring is 1.